The third-order valence-corrected chi connectivity index (χ3v) is 6.23. The van der Waals surface area contributed by atoms with Gasteiger partial charge in [0.05, 0.1) is 0 Å². The molecule has 5 heteroatoms. The van der Waals surface area contributed by atoms with Crippen molar-refractivity contribution in [3.8, 4) is 11.1 Å². The average molecular weight is 392 g/mol. The molecule has 1 N–H and O–H groups in total. The minimum Gasteiger partial charge on any atom is -0.326 e. The van der Waals surface area contributed by atoms with Crippen molar-refractivity contribution in [2.75, 3.05) is 31.5 Å². The molecule has 0 spiro atoms. The summed E-state index contributed by atoms with van der Waals surface area (Å²) in [5.74, 6) is 0.0246. The Balaban J connectivity index is 1.35. The predicted molar refractivity (Wildman–Crippen MR) is 116 cm³/mol. The van der Waals surface area contributed by atoms with Crippen LogP contribution in [0.2, 0.25) is 0 Å². The zero-order valence-corrected chi connectivity index (χ0v) is 17.3. The van der Waals surface area contributed by atoms with Crippen LogP contribution in [0.25, 0.3) is 11.1 Å². The highest BCUT2D eigenvalue weighted by atomic mass is 16.2. The van der Waals surface area contributed by atoms with Crippen LogP contribution in [-0.4, -0.2) is 47.9 Å². The number of nitrogens with zero attached hydrogens (tertiary/aromatic N) is 2. The second-order valence-electron chi connectivity index (χ2n) is 7.91. The number of rotatable bonds is 4. The van der Waals surface area contributed by atoms with Crippen LogP contribution < -0.4 is 5.32 Å². The Morgan fingerprint density at radius 3 is 2.41 bits per heavy atom. The first-order valence-corrected chi connectivity index (χ1v) is 10.7. The number of piperidine rings is 1. The van der Waals surface area contributed by atoms with E-state index in [0.29, 0.717) is 13.1 Å². The fourth-order valence-electron chi connectivity index (χ4n) is 4.49. The smallest absolute Gasteiger partial charge is 0.319 e. The zero-order chi connectivity index (χ0) is 20.4. The van der Waals surface area contributed by atoms with Gasteiger partial charge in [0.15, 0.2) is 0 Å². The molecule has 0 atom stereocenters. The van der Waals surface area contributed by atoms with Crippen LogP contribution >= 0.6 is 0 Å². The molecule has 3 amide bonds. The molecule has 0 radical (unpaired) electrons. The largest absolute Gasteiger partial charge is 0.326 e. The molecule has 2 aromatic rings. The Morgan fingerprint density at radius 1 is 1.00 bits per heavy atom. The van der Waals surface area contributed by atoms with Crippen LogP contribution in [0.1, 0.15) is 37.8 Å². The molecule has 0 bridgehead atoms. The molecule has 5 nitrogen and oxygen atoms in total. The van der Waals surface area contributed by atoms with Gasteiger partial charge in [-0.05, 0) is 67.5 Å². The number of nitrogens with one attached hydrogen (secondary N) is 1. The molecule has 0 saturated carbocycles. The number of anilines is 1. The second-order valence-corrected chi connectivity index (χ2v) is 7.91. The molecule has 4 rings (SSSR count). The summed E-state index contributed by atoms with van der Waals surface area (Å²) >= 11 is 0. The van der Waals surface area contributed by atoms with Crippen molar-refractivity contribution in [3.05, 3.63) is 53.6 Å². The highest BCUT2D eigenvalue weighted by molar-refractivity contribution is 5.93. The molecule has 2 aliphatic rings. The first kappa shape index (κ1) is 19.5. The third-order valence-electron chi connectivity index (χ3n) is 6.23. The van der Waals surface area contributed by atoms with Gasteiger partial charge >= 0.3 is 6.03 Å². The SMILES string of the molecule is CCN(CC)C(=O)N1CCC(C(=O)Nc2ccc3c(c2)Cc2ccccc2-3)CC1. The van der Waals surface area contributed by atoms with Crippen LogP contribution in [0.3, 0.4) is 0 Å². The maximum Gasteiger partial charge on any atom is 0.319 e. The molecule has 1 heterocycles. The molecule has 152 valence electrons. The maximum atomic E-state index is 12.8. The van der Waals surface area contributed by atoms with Crippen LogP contribution in [-0.2, 0) is 11.2 Å². The lowest BCUT2D eigenvalue weighted by Crippen LogP contribution is -2.47. The van der Waals surface area contributed by atoms with Gasteiger partial charge in [-0.2, -0.15) is 0 Å². The normalized spacial score (nSPS) is 15.6. The van der Waals surface area contributed by atoms with Crippen molar-refractivity contribution in [1.82, 2.24) is 9.80 Å². The number of urea groups is 1. The Hall–Kier alpha value is -2.82. The van der Waals surface area contributed by atoms with E-state index in [9.17, 15) is 9.59 Å². The standard InChI is InChI=1S/C24H29N3O2/c1-3-26(4-2)24(29)27-13-11-17(12-14-27)23(28)25-20-9-10-22-19(16-20)15-18-7-5-6-8-21(18)22/h5-10,16-17H,3-4,11-15H2,1-2H3,(H,25,28). The molecular formula is C24H29N3O2. The van der Waals surface area contributed by atoms with Gasteiger partial charge in [0.2, 0.25) is 5.91 Å². The van der Waals surface area contributed by atoms with Crippen LogP contribution in [0.4, 0.5) is 10.5 Å². The van der Waals surface area contributed by atoms with Crippen molar-refractivity contribution in [3.63, 3.8) is 0 Å². The number of hydrogen-bond donors (Lipinski definition) is 1. The Bertz CT molecular complexity index is 912. The number of benzene rings is 2. The number of hydrogen-bond acceptors (Lipinski definition) is 2. The van der Waals surface area contributed by atoms with Crippen molar-refractivity contribution in [2.45, 2.75) is 33.1 Å². The molecule has 2 aromatic carbocycles. The number of fused-ring (bicyclic) bond motifs is 3. The molecule has 1 aliphatic heterocycles. The topological polar surface area (TPSA) is 52.7 Å². The summed E-state index contributed by atoms with van der Waals surface area (Å²) in [7, 11) is 0. The van der Waals surface area contributed by atoms with E-state index in [-0.39, 0.29) is 17.9 Å². The van der Waals surface area contributed by atoms with Gasteiger partial charge < -0.3 is 15.1 Å². The Morgan fingerprint density at radius 2 is 1.69 bits per heavy atom. The minimum atomic E-state index is -0.0406. The first-order chi connectivity index (χ1) is 14.1. The van der Waals surface area contributed by atoms with Crippen LogP contribution in [0.15, 0.2) is 42.5 Å². The highest BCUT2D eigenvalue weighted by Gasteiger charge is 2.29. The first-order valence-electron chi connectivity index (χ1n) is 10.7. The van der Waals surface area contributed by atoms with Crippen molar-refractivity contribution in [1.29, 1.82) is 0 Å². The second kappa shape index (κ2) is 8.27. The van der Waals surface area contributed by atoms with Crippen LogP contribution in [0, 0.1) is 5.92 Å². The van der Waals surface area contributed by atoms with Crippen LogP contribution in [0.5, 0.6) is 0 Å². The maximum absolute atomic E-state index is 12.8. The quantitative estimate of drug-likeness (QED) is 0.718. The minimum absolute atomic E-state index is 0.0406. The van der Waals surface area contributed by atoms with Gasteiger partial charge in [0, 0.05) is 37.8 Å². The molecule has 0 aromatic heterocycles. The summed E-state index contributed by atoms with van der Waals surface area (Å²) in [5, 5.41) is 3.10. The fraction of sp³-hybridized carbons (Fsp3) is 0.417. The van der Waals surface area contributed by atoms with E-state index < -0.39 is 0 Å². The lowest BCUT2D eigenvalue weighted by atomic mass is 9.96. The Kier molecular flexibility index (Phi) is 5.56. The number of carbonyl (C=O) groups is 2. The Labute approximate surface area is 172 Å². The molecular weight excluding hydrogens is 362 g/mol. The van der Waals surface area contributed by atoms with Gasteiger partial charge in [0.25, 0.3) is 0 Å². The number of carbonyl (C=O) groups excluding carboxylic acids is 2. The van der Waals surface area contributed by atoms with E-state index in [0.717, 1.165) is 38.0 Å². The van der Waals surface area contributed by atoms with Gasteiger partial charge in [-0.25, -0.2) is 4.79 Å². The monoisotopic (exact) mass is 391 g/mol. The van der Waals surface area contributed by atoms with Crippen molar-refractivity contribution >= 4 is 17.6 Å². The summed E-state index contributed by atoms with van der Waals surface area (Å²) < 4.78 is 0. The molecule has 1 aliphatic carbocycles. The van der Waals surface area contributed by atoms with E-state index in [1.807, 2.05) is 29.7 Å². The van der Waals surface area contributed by atoms with E-state index in [4.69, 9.17) is 0 Å². The predicted octanol–water partition coefficient (Wildman–Crippen LogP) is 4.37. The molecule has 29 heavy (non-hydrogen) atoms. The molecule has 1 saturated heterocycles. The molecule has 1 fully saturated rings. The number of likely N-dealkylation sites (tertiary alicyclic amines) is 1. The lowest BCUT2D eigenvalue weighted by Gasteiger charge is -2.34. The van der Waals surface area contributed by atoms with Gasteiger partial charge in [-0.3, -0.25) is 4.79 Å². The summed E-state index contributed by atoms with van der Waals surface area (Å²) in [6, 6.07) is 14.8. The average Bonchev–Trinajstić information content (AvgIpc) is 3.12. The summed E-state index contributed by atoms with van der Waals surface area (Å²) in [6.45, 7) is 6.73. The van der Waals surface area contributed by atoms with Gasteiger partial charge in [-0.15, -0.1) is 0 Å². The molecule has 0 unspecified atom stereocenters. The third kappa shape index (κ3) is 3.86. The van der Waals surface area contributed by atoms with E-state index in [2.05, 4.69) is 41.7 Å². The number of amides is 3. The lowest BCUT2D eigenvalue weighted by molar-refractivity contribution is -0.121. The van der Waals surface area contributed by atoms with Gasteiger partial charge in [-0.1, -0.05) is 30.3 Å². The van der Waals surface area contributed by atoms with Crippen molar-refractivity contribution in [2.24, 2.45) is 5.92 Å². The van der Waals surface area contributed by atoms with Crippen molar-refractivity contribution < 1.29 is 9.59 Å². The van der Waals surface area contributed by atoms with Gasteiger partial charge in [0.1, 0.15) is 0 Å². The van der Waals surface area contributed by atoms with E-state index >= 15 is 0 Å². The van der Waals surface area contributed by atoms with E-state index in [1.54, 1.807) is 0 Å². The zero-order valence-electron chi connectivity index (χ0n) is 17.3. The highest BCUT2D eigenvalue weighted by Crippen LogP contribution is 2.37. The summed E-state index contributed by atoms with van der Waals surface area (Å²) in [5.41, 5.74) is 6.04. The summed E-state index contributed by atoms with van der Waals surface area (Å²) in [6.07, 6.45) is 2.35. The fourth-order valence-corrected chi connectivity index (χ4v) is 4.49. The van der Waals surface area contributed by atoms with E-state index in [1.165, 1.54) is 22.3 Å². The summed E-state index contributed by atoms with van der Waals surface area (Å²) in [4.78, 5) is 29.0.